The quantitative estimate of drug-likeness (QED) is 0.0212. The van der Waals surface area contributed by atoms with Crippen molar-refractivity contribution >= 4 is 122 Å². The lowest BCUT2D eigenvalue weighted by Crippen LogP contribution is -2.48. The van der Waals surface area contributed by atoms with Crippen molar-refractivity contribution in [2.75, 3.05) is 35.9 Å². The minimum Gasteiger partial charge on any atom is -0.481 e. The molecule has 690 valence electrons. The van der Waals surface area contributed by atoms with Crippen LogP contribution in [0.5, 0.6) is 0 Å². The van der Waals surface area contributed by atoms with Crippen LogP contribution in [0.4, 0.5) is 17.1 Å². The molecule has 27 heteroatoms. The monoisotopic (exact) mass is 1810 g/mol. The van der Waals surface area contributed by atoms with E-state index >= 15 is 0 Å². The highest BCUT2D eigenvalue weighted by Gasteiger charge is 2.43. The molecule has 18 atom stereocenters. The molecule has 23 nitrogen and oxygen atoms in total. The summed E-state index contributed by atoms with van der Waals surface area (Å²) in [5, 5.41) is 59.8. The standard InChI is InChI=1S/C25H31NO5S.C22H27NO4S.C15H17NO2S.C10H18O3.C9H15ClO.C9H16O2.C8H14O3/c1-15(2)26(24(28)19-12-11-16(3)13-21(19)31-17(4)27)20-14-22(18-9-7-6-8-10-18)32-23(20)25(29)30-5;1-13(2)23(21(25)16-10-9-14(3)11-18(16)24)17-12-19(28-20(17)22(26)27)15-7-5-4-6-8-15;1-10(2)16-12-9-13(11-7-5-4-6-8-11)19-14(12)15(17)18-3;1-3-13-10(12)8-5-4-7(2)6-9(8)11;2*1-6-3-4-8(9(10)11)7(2)5-6;1-5-2-3-6(8(10)11)7(9)4-5/h6-10,14-16,19,21H,11-13H2,1-5H3;4-8,12-14,16,18,24H,9-11H2,1-3H3,(H,26,27);4-10,16H,1-3H3;7-9,11H,3-6H2,1-2H3;6-8H,3-5H2,1-2H3;6-8H,3-5H2,1-2H3,(H,10,11);5-7,9H,2-4H2,1H3,(H,10,11). The number of carbonyl (C=O) groups is 10. The fraction of sp³-hybridized carbons (Fsp3) is 0.592. The predicted molar refractivity (Wildman–Crippen MR) is 497 cm³/mol. The molecule has 3 aromatic carbocycles. The van der Waals surface area contributed by atoms with Gasteiger partial charge in [-0.1, -0.05) is 146 Å². The number of methoxy groups -OCH3 is 2. The first-order valence-corrected chi connectivity index (χ1v) is 47.4. The topological polar surface area (TPSA) is 348 Å². The molecule has 3 heterocycles. The van der Waals surface area contributed by atoms with Crippen LogP contribution in [0.25, 0.3) is 31.3 Å². The van der Waals surface area contributed by atoms with E-state index in [4.69, 9.17) is 40.8 Å². The summed E-state index contributed by atoms with van der Waals surface area (Å²) < 4.78 is 20.3. The van der Waals surface area contributed by atoms with Crippen LogP contribution < -0.4 is 15.1 Å². The Hall–Kier alpha value is -8.37. The van der Waals surface area contributed by atoms with E-state index in [1.807, 2.05) is 152 Å². The highest BCUT2D eigenvalue weighted by atomic mass is 35.5. The normalized spacial score (nSPS) is 25.6. The molecule has 0 bridgehead atoms. The summed E-state index contributed by atoms with van der Waals surface area (Å²) in [5.41, 5.74) is 4.79. The average molecular weight is 1810 g/mol. The molecule has 3 aromatic heterocycles. The van der Waals surface area contributed by atoms with E-state index in [-0.39, 0.29) is 75.7 Å². The number of hydrogen-bond donors (Lipinski definition) is 7. The first-order chi connectivity index (χ1) is 59.1. The number of carboxylic acid groups (broad SMARTS) is 3. The molecule has 0 saturated heterocycles. The summed E-state index contributed by atoms with van der Waals surface area (Å²) in [6.07, 6.45) is 13.1. The Balaban J connectivity index is 0.000000236. The SMILES string of the molecule is CC1CCC(C(=O)Cl)C(C)C1.CC1CCC(C(=O)N(c2cc(-c3ccccc3)sc2C(=O)O)C(C)C)C(O)C1.CC1CCC(C(=O)O)C(C)C1.CC1CCC(C(=O)O)C(O)C1.CCOC(=O)C1CCC(C)CC1O.COC(=O)c1sc(-c2ccccc2)cc1N(C(=O)C1CCC(C)CC1OC(C)=O)C(C)C.COC(=O)c1sc(-c2ccccc2)cc1NC(C)C. The number of aromatic carboxylic acids is 1. The van der Waals surface area contributed by atoms with Crippen LogP contribution >= 0.6 is 45.6 Å². The van der Waals surface area contributed by atoms with Gasteiger partial charge in [-0.05, 0) is 258 Å². The number of ether oxygens (including phenoxy) is 4. The summed E-state index contributed by atoms with van der Waals surface area (Å²) in [6, 6.07) is 34.9. The van der Waals surface area contributed by atoms with Gasteiger partial charge < -0.3 is 64.7 Å². The number of nitrogens with one attached hydrogen (secondary N) is 1. The molecular formula is C98H138ClN3O20S3. The Bertz CT molecular complexity index is 4330. The maximum Gasteiger partial charge on any atom is 0.350 e. The number of hydrogen-bond acceptors (Lipinski definition) is 21. The van der Waals surface area contributed by atoms with Crippen molar-refractivity contribution in [2.24, 2.45) is 82.9 Å². The summed E-state index contributed by atoms with van der Waals surface area (Å²) in [4.78, 5) is 126. The molecule has 125 heavy (non-hydrogen) atoms. The van der Waals surface area contributed by atoms with Gasteiger partial charge in [0.2, 0.25) is 17.1 Å². The van der Waals surface area contributed by atoms with Crippen molar-refractivity contribution in [2.45, 2.75) is 269 Å². The zero-order valence-electron chi connectivity index (χ0n) is 76.3. The number of anilines is 3. The largest absolute Gasteiger partial charge is 0.481 e. The summed E-state index contributed by atoms with van der Waals surface area (Å²) >= 11 is 9.40. The first-order valence-electron chi connectivity index (χ1n) is 44.5. The minimum atomic E-state index is -1.04. The third-order valence-corrected chi connectivity index (χ3v) is 28.1. The number of aliphatic hydroxyl groups is 3. The van der Waals surface area contributed by atoms with Crippen molar-refractivity contribution in [3.63, 3.8) is 0 Å². The summed E-state index contributed by atoms with van der Waals surface area (Å²) in [5.74, 6) is -1.74. The lowest BCUT2D eigenvalue weighted by Gasteiger charge is -2.37. The van der Waals surface area contributed by atoms with Crippen LogP contribution in [0.1, 0.15) is 255 Å². The van der Waals surface area contributed by atoms with E-state index in [2.05, 4.69) is 53.8 Å². The van der Waals surface area contributed by atoms with Gasteiger partial charge in [-0.2, -0.15) is 0 Å². The Kier molecular flexibility index (Phi) is 43.5. The van der Waals surface area contributed by atoms with Crippen LogP contribution in [-0.4, -0.2) is 153 Å². The van der Waals surface area contributed by atoms with Gasteiger partial charge in [-0.25, -0.2) is 14.4 Å². The predicted octanol–water partition coefficient (Wildman–Crippen LogP) is 21.2. The van der Waals surface area contributed by atoms with E-state index < -0.39 is 66.0 Å². The van der Waals surface area contributed by atoms with Crippen molar-refractivity contribution in [3.8, 4) is 31.3 Å². The van der Waals surface area contributed by atoms with Gasteiger partial charge in [0.1, 0.15) is 20.7 Å². The number of aliphatic hydroxyl groups excluding tert-OH is 3. The first kappa shape index (κ1) is 105. The minimum absolute atomic E-state index is 0.0776. The van der Waals surface area contributed by atoms with Crippen LogP contribution in [0.15, 0.2) is 109 Å². The second kappa shape index (κ2) is 51.6. The zero-order valence-corrected chi connectivity index (χ0v) is 79.6. The number of halogens is 1. The number of amides is 2. The van der Waals surface area contributed by atoms with Crippen molar-refractivity contribution in [3.05, 3.63) is 124 Å². The smallest absolute Gasteiger partial charge is 0.350 e. The lowest BCUT2D eigenvalue weighted by molar-refractivity contribution is -0.155. The number of thiophene rings is 3. The van der Waals surface area contributed by atoms with Gasteiger partial charge >= 0.3 is 41.8 Å². The van der Waals surface area contributed by atoms with E-state index in [9.17, 15) is 68.4 Å². The van der Waals surface area contributed by atoms with Crippen LogP contribution in [0.3, 0.4) is 0 Å². The molecule has 0 aliphatic heterocycles. The number of esters is 4. The van der Waals surface area contributed by atoms with Crippen LogP contribution in [0.2, 0.25) is 0 Å². The molecule has 2 amide bonds. The maximum atomic E-state index is 13.8. The molecule has 6 aliphatic carbocycles. The van der Waals surface area contributed by atoms with Crippen molar-refractivity contribution in [1.82, 2.24) is 0 Å². The van der Waals surface area contributed by atoms with Crippen molar-refractivity contribution in [1.29, 1.82) is 0 Å². The molecule has 0 radical (unpaired) electrons. The Labute approximate surface area is 757 Å². The third-order valence-electron chi connectivity index (χ3n) is 24.4. The van der Waals surface area contributed by atoms with Gasteiger partial charge in [0.25, 0.3) is 0 Å². The van der Waals surface area contributed by atoms with Crippen LogP contribution in [0, 0.1) is 82.9 Å². The fourth-order valence-corrected chi connectivity index (χ4v) is 21.0. The summed E-state index contributed by atoms with van der Waals surface area (Å²) in [6.45, 7) is 32.2. The molecule has 6 fully saturated rings. The van der Waals surface area contributed by atoms with E-state index in [0.717, 1.165) is 126 Å². The number of carboxylic acids is 3. The third kappa shape index (κ3) is 31.8. The molecule has 0 spiro atoms. The molecule has 7 N–H and O–H groups in total. The Morgan fingerprint density at radius 1 is 0.440 bits per heavy atom. The number of nitrogens with zero attached hydrogens (tertiary/aromatic N) is 2. The molecule has 6 aromatic rings. The highest BCUT2D eigenvalue weighted by molar-refractivity contribution is 7.18. The van der Waals surface area contributed by atoms with Gasteiger partial charge in [-0.3, -0.25) is 33.6 Å². The number of carbonyl (C=O) groups excluding carboxylic acids is 7. The van der Waals surface area contributed by atoms with E-state index in [1.165, 1.54) is 55.2 Å². The Morgan fingerprint density at radius 3 is 1.15 bits per heavy atom. The molecular weight excluding hydrogens is 1670 g/mol. The number of benzene rings is 3. The van der Waals surface area contributed by atoms with Gasteiger partial charge in [-0.15, -0.1) is 34.0 Å². The van der Waals surface area contributed by atoms with Crippen LogP contribution in [-0.2, 0) is 52.5 Å². The Morgan fingerprint density at radius 2 is 0.784 bits per heavy atom. The number of rotatable bonds is 20. The van der Waals surface area contributed by atoms with Gasteiger partial charge in [0, 0.05) is 45.6 Å². The summed E-state index contributed by atoms with van der Waals surface area (Å²) in [7, 11) is 2.75. The molecule has 12 rings (SSSR count). The molecule has 6 aliphatic rings. The second-order valence-electron chi connectivity index (χ2n) is 36.0. The molecule has 6 saturated carbocycles. The van der Waals surface area contributed by atoms with Gasteiger partial charge in [0.15, 0.2) is 0 Å². The second-order valence-corrected chi connectivity index (χ2v) is 39.5. The van der Waals surface area contributed by atoms with E-state index in [1.54, 1.807) is 22.8 Å². The van der Waals surface area contributed by atoms with Gasteiger partial charge in [0.05, 0.1) is 85.8 Å². The van der Waals surface area contributed by atoms with E-state index in [0.29, 0.717) is 102 Å². The van der Waals surface area contributed by atoms with Crippen molar-refractivity contribution < 1.29 is 97.5 Å². The highest BCUT2D eigenvalue weighted by Crippen LogP contribution is 2.45. The zero-order chi connectivity index (χ0) is 92.8. The average Bonchev–Trinajstić information content (AvgIpc) is 1.66. The molecule has 18 unspecified atom stereocenters. The fourth-order valence-electron chi connectivity index (χ4n) is 17.6. The maximum absolute atomic E-state index is 13.8. The number of aliphatic carboxylic acids is 2. The lowest BCUT2D eigenvalue weighted by atomic mass is 9.76.